The fourth-order valence-electron chi connectivity index (χ4n) is 3.04. The number of halogens is 3. The minimum absolute atomic E-state index is 0.0960. The average molecular weight is 408 g/mol. The van der Waals surface area contributed by atoms with Crippen LogP contribution in [0.25, 0.3) is 0 Å². The Morgan fingerprint density at radius 3 is 2.39 bits per heavy atom. The number of rotatable bonds is 5. The first-order chi connectivity index (χ1) is 13.4. The van der Waals surface area contributed by atoms with Gasteiger partial charge in [0.2, 0.25) is 5.91 Å². The largest absolute Gasteiger partial charge is 0.336 e. The Balaban J connectivity index is 1.44. The van der Waals surface area contributed by atoms with Crippen LogP contribution in [0.2, 0.25) is 5.02 Å². The zero-order valence-electron chi connectivity index (χ0n) is 15.1. The summed E-state index contributed by atoms with van der Waals surface area (Å²) >= 11 is 6.09. The Hall–Kier alpha value is -2.51. The van der Waals surface area contributed by atoms with Gasteiger partial charge in [0.05, 0.1) is 10.6 Å². The molecule has 1 aliphatic heterocycles. The predicted molar refractivity (Wildman–Crippen MR) is 103 cm³/mol. The molecule has 0 atom stereocenters. The Morgan fingerprint density at radius 2 is 1.71 bits per heavy atom. The lowest BCUT2D eigenvalue weighted by Crippen LogP contribution is -2.49. The maximum atomic E-state index is 13.2. The molecule has 1 fully saturated rings. The van der Waals surface area contributed by atoms with Crippen LogP contribution in [0.5, 0.6) is 0 Å². The summed E-state index contributed by atoms with van der Waals surface area (Å²) in [6.07, 6.45) is 0.220. The number of hydrogen-bond acceptors (Lipinski definition) is 3. The van der Waals surface area contributed by atoms with Gasteiger partial charge in [-0.1, -0.05) is 23.7 Å². The van der Waals surface area contributed by atoms with E-state index < -0.39 is 11.6 Å². The first-order valence-electron chi connectivity index (χ1n) is 8.95. The monoisotopic (exact) mass is 407 g/mol. The quantitative estimate of drug-likeness (QED) is 0.826. The summed E-state index contributed by atoms with van der Waals surface area (Å²) in [7, 11) is 0. The molecule has 1 heterocycles. The highest BCUT2D eigenvalue weighted by Crippen LogP contribution is 2.18. The topological polar surface area (TPSA) is 52.7 Å². The van der Waals surface area contributed by atoms with Gasteiger partial charge in [0, 0.05) is 50.9 Å². The molecule has 0 radical (unpaired) electrons. The molecular formula is C20H20ClF2N3O2. The number of amides is 2. The summed E-state index contributed by atoms with van der Waals surface area (Å²) in [5, 5.41) is 2.99. The van der Waals surface area contributed by atoms with Crippen LogP contribution < -0.4 is 5.32 Å². The molecule has 0 bridgehead atoms. The van der Waals surface area contributed by atoms with Crippen LogP contribution in [-0.2, 0) is 4.79 Å². The molecule has 0 saturated carbocycles. The molecule has 2 amide bonds. The van der Waals surface area contributed by atoms with E-state index in [1.54, 1.807) is 29.2 Å². The van der Waals surface area contributed by atoms with Gasteiger partial charge < -0.3 is 10.2 Å². The van der Waals surface area contributed by atoms with E-state index in [0.29, 0.717) is 43.3 Å². The van der Waals surface area contributed by atoms with Gasteiger partial charge in [0.25, 0.3) is 5.91 Å². The number of benzene rings is 2. The van der Waals surface area contributed by atoms with Crippen LogP contribution >= 0.6 is 11.6 Å². The normalized spacial score (nSPS) is 14.8. The molecule has 148 valence electrons. The highest BCUT2D eigenvalue weighted by Gasteiger charge is 2.23. The van der Waals surface area contributed by atoms with E-state index >= 15 is 0 Å². The van der Waals surface area contributed by atoms with Crippen molar-refractivity contribution in [3.05, 3.63) is 64.7 Å². The number of carbonyl (C=O) groups is 2. The van der Waals surface area contributed by atoms with Crippen molar-refractivity contribution in [2.45, 2.75) is 6.42 Å². The molecule has 0 spiro atoms. The fraction of sp³-hybridized carbons (Fsp3) is 0.300. The maximum absolute atomic E-state index is 13.2. The third-order valence-electron chi connectivity index (χ3n) is 4.62. The SMILES string of the molecule is O=C(CCN1CCN(C(=O)c2ccccc2Cl)CC1)Nc1ccc(F)c(F)c1. The zero-order valence-corrected chi connectivity index (χ0v) is 15.9. The second kappa shape index (κ2) is 9.12. The van der Waals surface area contributed by atoms with Gasteiger partial charge in [-0.05, 0) is 24.3 Å². The fourth-order valence-corrected chi connectivity index (χ4v) is 3.25. The van der Waals surface area contributed by atoms with Crippen LogP contribution in [0, 0.1) is 11.6 Å². The van der Waals surface area contributed by atoms with Crippen LogP contribution in [0.1, 0.15) is 16.8 Å². The predicted octanol–water partition coefficient (Wildman–Crippen LogP) is 3.40. The second-order valence-electron chi connectivity index (χ2n) is 6.54. The number of carbonyl (C=O) groups excluding carboxylic acids is 2. The minimum Gasteiger partial charge on any atom is -0.336 e. The molecule has 5 nitrogen and oxygen atoms in total. The van der Waals surface area contributed by atoms with Crippen LogP contribution in [0.3, 0.4) is 0 Å². The number of nitrogens with one attached hydrogen (secondary N) is 1. The third-order valence-corrected chi connectivity index (χ3v) is 4.95. The molecule has 1 N–H and O–H groups in total. The summed E-state index contributed by atoms with van der Waals surface area (Å²) in [5.74, 6) is -2.33. The first kappa shape index (κ1) is 20.2. The lowest BCUT2D eigenvalue weighted by Gasteiger charge is -2.34. The standard InChI is InChI=1S/C20H20ClF2N3O2/c21-16-4-2-1-3-15(16)20(28)26-11-9-25(10-12-26)8-7-19(27)24-14-5-6-17(22)18(23)13-14/h1-6,13H,7-12H2,(H,24,27). The van der Waals surface area contributed by atoms with Crippen molar-refractivity contribution < 1.29 is 18.4 Å². The summed E-state index contributed by atoms with van der Waals surface area (Å²) in [6, 6.07) is 10.2. The summed E-state index contributed by atoms with van der Waals surface area (Å²) in [5.41, 5.74) is 0.711. The minimum atomic E-state index is -1.00. The van der Waals surface area contributed by atoms with Crippen LogP contribution in [-0.4, -0.2) is 54.3 Å². The van der Waals surface area contributed by atoms with Gasteiger partial charge >= 0.3 is 0 Å². The van der Waals surface area contributed by atoms with Crippen LogP contribution in [0.15, 0.2) is 42.5 Å². The van der Waals surface area contributed by atoms with Gasteiger partial charge in [-0.2, -0.15) is 0 Å². The number of piperazine rings is 1. The molecule has 8 heteroatoms. The Bertz CT molecular complexity index is 870. The molecule has 0 aromatic heterocycles. The van der Waals surface area contributed by atoms with E-state index in [1.807, 2.05) is 0 Å². The summed E-state index contributed by atoms with van der Waals surface area (Å²) in [4.78, 5) is 28.4. The molecule has 2 aromatic carbocycles. The van der Waals surface area contributed by atoms with Gasteiger partial charge in [-0.25, -0.2) is 8.78 Å². The van der Waals surface area contributed by atoms with Crippen molar-refractivity contribution >= 4 is 29.1 Å². The first-order valence-corrected chi connectivity index (χ1v) is 9.33. The molecule has 28 heavy (non-hydrogen) atoms. The van der Waals surface area contributed by atoms with E-state index in [-0.39, 0.29) is 23.9 Å². The van der Waals surface area contributed by atoms with Gasteiger partial charge in [0.15, 0.2) is 11.6 Å². The lowest BCUT2D eigenvalue weighted by molar-refractivity contribution is -0.116. The van der Waals surface area contributed by atoms with Gasteiger partial charge in [0.1, 0.15) is 0 Å². The van der Waals surface area contributed by atoms with Crippen LogP contribution in [0.4, 0.5) is 14.5 Å². The Labute approximate surface area is 166 Å². The third kappa shape index (κ3) is 5.05. The van der Waals surface area contributed by atoms with Crippen molar-refractivity contribution in [1.82, 2.24) is 9.80 Å². The van der Waals surface area contributed by atoms with Crippen molar-refractivity contribution in [2.24, 2.45) is 0 Å². The Morgan fingerprint density at radius 1 is 1.00 bits per heavy atom. The van der Waals surface area contributed by atoms with Gasteiger partial charge in [-0.3, -0.25) is 14.5 Å². The molecule has 0 unspecified atom stereocenters. The number of hydrogen-bond donors (Lipinski definition) is 1. The molecule has 2 aromatic rings. The van der Waals surface area contributed by atoms with E-state index in [4.69, 9.17) is 11.6 Å². The molecular weight excluding hydrogens is 388 g/mol. The molecule has 1 aliphatic rings. The highest BCUT2D eigenvalue weighted by atomic mass is 35.5. The van der Waals surface area contributed by atoms with E-state index in [2.05, 4.69) is 10.2 Å². The smallest absolute Gasteiger partial charge is 0.255 e. The van der Waals surface area contributed by atoms with Crippen molar-refractivity contribution in [1.29, 1.82) is 0 Å². The molecule has 3 rings (SSSR count). The summed E-state index contributed by atoms with van der Waals surface area (Å²) in [6.45, 7) is 2.91. The molecule has 0 aliphatic carbocycles. The maximum Gasteiger partial charge on any atom is 0.255 e. The molecule has 1 saturated heterocycles. The zero-order chi connectivity index (χ0) is 20.1. The number of anilines is 1. The highest BCUT2D eigenvalue weighted by molar-refractivity contribution is 6.33. The van der Waals surface area contributed by atoms with E-state index in [1.165, 1.54) is 6.07 Å². The average Bonchev–Trinajstić information content (AvgIpc) is 2.69. The lowest BCUT2D eigenvalue weighted by atomic mass is 10.1. The van der Waals surface area contributed by atoms with Crippen molar-refractivity contribution in [3.63, 3.8) is 0 Å². The second-order valence-corrected chi connectivity index (χ2v) is 6.95. The number of nitrogens with zero attached hydrogens (tertiary/aromatic N) is 2. The Kier molecular flexibility index (Phi) is 6.59. The van der Waals surface area contributed by atoms with Crippen molar-refractivity contribution in [2.75, 3.05) is 38.0 Å². The van der Waals surface area contributed by atoms with Crippen molar-refractivity contribution in [3.8, 4) is 0 Å². The van der Waals surface area contributed by atoms with E-state index in [9.17, 15) is 18.4 Å². The van der Waals surface area contributed by atoms with Gasteiger partial charge in [-0.15, -0.1) is 0 Å². The van der Waals surface area contributed by atoms with E-state index in [0.717, 1.165) is 12.1 Å². The summed E-state index contributed by atoms with van der Waals surface area (Å²) < 4.78 is 26.1.